The van der Waals surface area contributed by atoms with Gasteiger partial charge in [-0.25, -0.2) is 4.21 Å². The summed E-state index contributed by atoms with van der Waals surface area (Å²) in [6.07, 6.45) is 1.52. The molecule has 0 radical (unpaired) electrons. The van der Waals surface area contributed by atoms with E-state index in [1.807, 2.05) is 0 Å². The van der Waals surface area contributed by atoms with Crippen LogP contribution in [0.3, 0.4) is 0 Å². The largest absolute Gasteiger partial charge is 0.519 e. The molecule has 2 unspecified atom stereocenters. The second kappa shape index (κ2) is 2.93. The minimum Gasteiger partial charge on any atom is -0.519 e. The standard InChI is InChI=1S/C4H6NO3S.Fm/c1-4-2-8-9(7)5(4)3-6;/h4H,2H2,1H3;/q-1;. The van der Waals surface area contributed by atoms with Crippen molar-refractivity contribution < 1.29 is 13.2 Å². The molecule has 1 amide bonds. The van der Waals surface area contributed by atoms with Gasteiger partial charge in [0.1, 0.15) is 0 Å². The Labute approximate surface area is 55.6 Å². The molecule has 10 heavy (non-hydrogen) atoms. The van der Waals surface area contributed by atoms with Crippen LogP contribution in [0.4, 0.5) is 0 Å². The Bertz CT molecular complexity index is 153. The monoisotopic (exact) mass is 405 g/mol. The fourth-order valence-corrected chi connectivity index (χ4v) is 1.39. The molecule has 0 aromatic heterocycles. The summed E-state index contributed by atoms with van der Waals surface area (Å²) in [6, 6.07) is -0.108. The third kappa shape index (κ3) is 1.11. The van der Waals surface area contributed by atoms with Crippen LogP contribution < -0.4 is 0 Å². The van der Waals surface area contributed by atoms with E-state index in [2.05, 4.69) is 4.18 Å². The molecular formula is C4H6FmNO3S-. The Balaban J connectivity index is 0.000000810. The molecule has 4 nitrogen and oxygen atoms in total. The first-order valence-electron chi connectivity index (χ1n) is 2.48. The first kappa shape index (κ1) is 8.58. The van der Waals surface area contributed by atoms with E-state index in [0.717, 1.165) is 4.31 Å². The van der Waals surface area contributed by atoms with Crippen LogP contribution in [0.2, 0.25) is 0 Å². The molecule has 2 atom stereocenters. The second-order valence-corrected chi connectivity index (χ2v) is 2.83. The van der Waals surface area contributed by atoms with Crippen molar-refractivity contribution in [3.8, 4) is 0 Å². The number of nitrogens with zero attached hydrogens (tertiary/aromatic N) is 1. The summed E-state index contributed by atoms with van der Waals surface area (Å²) in [5.74, 6) is 0. The van der Waals surface area contributed by atoms with E-state index >= 15 is 0 Å². The SMILES string of the molecule is CC1COS(=O)N1[C-]=O.[Fm]. The van der Waals surface area contributed by atoms with Crippen molar-refractivity contribution in [1.29, 1.82) is 0 Å². The van der Waals surface area contributed by atoms with Crippen LogP contribution in [-0.4, -0.2) is 27.6 Å². The second-order valence-electron chi connectivity index (χ2n) is 1.77. The smallest absolute Gasteiger partial charge is 0.233 e. The molecule has 0 aromatic carbocycles. The normalized spacial score (nSPS) is 31.5. The molecule has 0 saturated carbocycles. The Hall–Kier alpha value is -1.42. The van der Waals surface area contributed by atoms with Gasteiger partial charge in [-0.05, 0) is 6.92 Å². The van der Waals surface area contributed by atoms with Crippen molar-refractivity contribution in [2.24, 2.45) is 0 Å². The van der Waals surface area contributed by atoms with E-state index in [-0.39, 0.29) is 6.04 Å². The van der Waals surface area contributed by atoms with Gasteiger partial charge in [-0.1, -0.05) is 0 Å². The number of hydrogen-bond donors (Lipinski definition) is 0. The Morgan fingerprint density at radius 3 is 2.60 bits per heavy atom. The molecule has 0 aromatic rings. The van der Waals surface area contributed by atoms with E-state index in [4.69, 9.17) is 0 Å². The van der Waals surface area contributed by atoms with E-state index in [1.54, 1.807) is 6.92 Å². The van der Waals surface area contributed by atoms with Gasteiger partial charge in [0, 0.05) is 6.04 Å². The molecule has 1 aliphatic rings. The van der Waals surface area contributed by atoms with Crippen LogP contribution in [0.1, 0.15) is 6.92 Å². The van der Waals surface area contributed by atoms with Crippen LogP contribution >= 0.6 is 0 Å². The summed E-state index contributed by atoms with van der Waals surface area (Å²) in [5.41, 5.74) is 0. The molecule has 6 heteroatoms. The topological polar surface area (TPSA) is 46.6 Å². The van der Waals surface area contributed by atoms with Gasteiger partial charge in [0.15, 0.2) is 0 Å². The Kier molecular flexibility index (Phi) is 2.52. The quantitative estimate of drug-likeness (QED) is 0.546. The third-order valence-corrected chi connectivity index (χ3v) is 2.15. The number of carbonyl (C=O) groups excluding carboxylic acids is 1. The summed E-state index contributed by atoms with van der Waals surface area (Å²) >= 11 is -1.58. The average Bonchev–Trinajstić information content (AvgIpc) is 2.12. The number of hydrogen-bond acceptors (Lipinski definition) is 3. The maximum absolute atomic E-state index is 10.6. The number of rotatable bonds is 1. The first-order chi connectivity index (χ1) is 4.25. The summed E-state index contributed by atoms with van der Waals surface area (Å²) < 4.78 is 16.2. The molecule has 1 rings (SSSR count). The zero-order chi connectivity index (χ0) is 6.85. The van der Waals surface area contributed by atoms with Gasteiger partial charge in [-0.3, -0.25) is 4.18 Å². The van der Waals surface area contributed by atoms with Gasteiger partial charge in [0.25, 0.3) is 0 Å². The van der Waals surface area contributed by atoms with Crippen molar-refractivity contribution in [2.75, 3.05) is 6.61 Å². The number of amides is 1. The van der Waals surface area contributed by atoms with E-state index in [9.17, 15) is 9.00 Å². The fraction of sp³-hybridized carbons (Fsp3) is 0.750. The maximum atomic E-state index is 10.6. The minimum atomic E-state index is -1.58. The van der Waals surface area contributed by atoms with Gasteiger partial charge in [0.05, 0.1) is 6.61 Å². The molecule has 1 heterocycles. The van der Waals surface area contributed by atoms with E-state index in [0.29, 0.717) is 6.61 Å². The molecule has 0 bridgehead atoms. The van der Waals surface area contributed by atoms with E-state index in [1.165, 1.54) is 6.41 Å². The maximum Gasteiger partial charge on any atom is 0.233 e. The molecule has 0 aliphatic carbocycles. The van der Waals surface area contributed by atoms with Crippen LogP contribution in [0.15, 0.2) is 0 Å². The first-order valence-corrected chi connectivity index (χ1v) is 3.51. The Morgan fingerprint density at radius 1 is 1.80 bits per heavy atom. The molecule has 1 fully saturated rings. The van der Waals surface area contributed by atoms with Gasteiger partial charge >= 0.3 is 0 Å². The van der Waals surface area contributed by atoms with Crippen molar-refractivity contribution in [2.45, 2.75) is 13.0 Å². The van der Waals surface area contributed by atoms with Gasteiger partial charge < -0.3 is 9.10 Å². The molecule has 0 N–H and O–H groups in total. The predicted molar refractivity (Wildman–Crippen MR) is 31.1 cm³/mol. The third-order valence-electron chi connectivity index (χ3n) is 1.06. The van der Waals surface area contributed by atoms with Crippen molar-refractivity contribution >= 4 is 17.7 Å². The van der Waals surface area contributed by atoms with Gasteiger partial charge in [-0.15, -0.1) is 6.41 Å². The van der Waals surface area contributed by atoms with Crippen LogP contribution in [0.5, 0.6) is 0 Å². The van der Waals surface area contributed by atoms with Crippen LogP contribution in [-0.2, 0) is 20.2 Å². The summed E-state index contributed by atoms with van der Waals surface area (Å²) in [4.78, 5) is 9.96. The van der Waals surface area contributed by atoms with Crippen LogP contribution in [0, 0.1) is 0 Å². The predicted octanol–water partition coefficient (Wildman–Crippen LogP) is -0.647. The van der Waals surface area contributed by atoms with Crippen molar-refractivity contribution in [3.05, 3.63) is 0 Å². The zero-order valence-electron chi connectivity index (χ0n) is 5.15. The molecule has 0 spiro atoms. The summed E-state index contributed by atoms with van der Waals surface area (Å²) in [6.45, 7) is 2.08. The van der Waals surface area contributed by atoms with Gasteiger partial charge in [0.2, 0.25) is 11.3 Å². The van der Waals surface area contributed by atoms with E-state index < -0.39 is 11.3 Å². The summed E-state index contributed by atoms with van der Waals surface area (Å²) in [7, 11) is 0. The average molecular weight is 405 g/mol. The molecular weight excluding hydrogens is 399 g/mol. The summed E-state index contributed by atoms with van der Waals surface area (Å²) in [5, 5.41) is 0. The van der Waals surface area contributed by atoms with Gasteiger partial charge in [-0.2, -0.15) is 0 Å². The zero-order valence-corrected chi connectivity index (χ0v) is 8.37. The Morgan fingerprint density at radius 2 is 2.40 bits per heavy atom. The molecule has 1 saturated heterocycles. The molecule has 1 aliphatic heterocycles. The van der Waals surface area contributed by atoms with Crippen molar-refractivity contribution in [3.63, 3.8) is 0 Å². The fourth-order valence-electron chi connectivity index (χ4n) is 0.548. The molecule has 64 valence electrons. The minimum absolute atomic E-state index is 0. The van der Waals surface area contributed by atoms with Crippen LogP contribution in [0.25, 0.3) is 0 Å². The van der Waals surface area contributed by atoms with Crippen molar-refractivity contribution in [1.82, 2.24) is 4.31 Å².